The molecule has 104 valence electrons. The van der Waals surface area contributed by atoms with Crippen molar-refractivity contribution >= 4 is 17.2 Å². The summed E-state index contributed by atoms with van der Waals surface area (Å²) in [5.74, 6) is -0.125. The molecule has 0 fully saturated rings. The van der Waals surface area contributed by atoms with Gasteiger partial charge < -0.3 is 20.9 Å². The van der Waals surface area contributed by atoms with Crippen molar-refractivity contribution in [2.24, 2.45) is 0 Å². The number of nitrogens with two attached hydrogens (primary N) is 1. The lowest BCUT2D eigenvalue weighted by Gasteiger charge is -2.24. The number of Topliss-reactive ketones (excluding diaryl/α,β-unsaturated/α-hetero) is 1. The molecule has 0 spiro atoms. The zero-order chi connectivity index (χ0) is 14.5. The molecule has 3 N–H and O–H groups in total. The predicted octanol–water partition coefficient (Wildman–Crippen LogP) is 1.62. The number of hydrogen-bond donors (Lipinski definition) is 2. The van der Waals surface area contributed by atoms with Gasteiger partial charge in [-0.2, -0.15) is 0 Å². The number of benzene rings is 1. The molecular formula is C13H12N3O4-. The van der Waals surface area contributed by atoms with Gasteiger partial charge in [-0.05, 0) is 24.3 Å². The van der Waals surface area contributed by atoms with Crippen LogP contribution in [0.4, 0.5) is 11.4 Å². The number of ether oxygens (including phenoxy) is 1. The number of anilines is 2. The van der Waals surface area contributed by atoms with Gasteiger partial charge in [0, 0.05) is 18.0 Å². The maximum atomic E-state index is 11.8. The van der Waals surface area contributed by atoms with Crippen molar-refractivity contribution in [2.75, 3.05) is 17.6 Å². The molecule has 0 atom stereocenters. The van der Waals surface area contributed by atoms with Crippen molar-refractivity contribution in [1.82, 2.24) is 4.98 Å². The number of carbonyl (C=O) groups excluding carboxylic acids is 1. The van der Waals surface area contributed by atoms with Crippen LogP contribution in [0.1, 0.15) is 10.4 Å². The van der Waals surface area contributed by atoms with Crippen molar-refractivity contribution in [3.8, 4) is 5.75 Å². The number of nitrogen functional groups attached to an aromatic ring is 1. The lowest BCUT2D eigenvalue weighted by molar-refractivity contribution is 0.0922. The molecule has 0 bridgehead atoms. The van der Waals surface area contributed by atoms with E-state index >= 15 is 0 Å². The van der Waals surface area contributed by atoms with Crippen LogP contribution in [-0.4, -0.2) is 22.6 Å². The molecule has 20 heavy (non-hydrogen) atoms. The molecule has 0 aliphatic rings. The molecule has 0 aliphatic heterocycles. The number of ketones is 1. The van der Waals surface area contributed by atoms with Crippen LogP contribution in [0.3, 0.4) is 0 Å². The number of para-hydroxylation sites is 1. The standard InChI is InChI=1S/C13H12N3O4/c14-13-10(16(18)19)4-1-5-12(13)20-8-11(17)9-3-2-6-15-7-9/h1-7,18H,8,14H2/q-1. The number of rotatable bonds is 5. The van der Waals surface area contributed by atoms with Gasteiger partial charge in [0.25, 0.3) is 0 Å². The third-order valence-corrected chi connectivity index (χ3v) is 2.59. The molecule has 2 aromatic rings. The van der Waals surface area contributed by atoms with E-state index in [1.807, 2.05) is 0 Å². The predicted molar refractivity (Wildman–Crippen MR) is 72.5 cm³/mol. The molecule has 7 heteroatoms. The third kappa shape index (κ3) is 3.02. The van der Waals surface area contributed by atoms with Crippen LogP contribution in [0.5, 0.6) is 5.75 Å². The molecule has 0 aliphatic carbocycles. The molecular weight excluding hydrogens is 262 g/mol. The van der Waals surface area contributed by atoms with Crippen LogP contribution >= 0.6 is 0 Å². The van der Waals surface area contributed by atoms with Gasteiger partial charge in [0.2, 0.25) is 5.78 Å². The second kappa shape index (κ2) is 6.00. The Labute approximate surface area is 114 Å². The molecule has 2 rings (SSSR count). The summed E-state index contributed by atoms with van der Waals surface area (Å²) in [7, 11) is 0. The van der Waals surface area contributed by atoms with Crippen LogP contribution in [0, 0.1) is 5.21 Å². The van der Waals surface area contributed by atoms with E-state index in [0.717, 1.165) is 0 Å². The molecule has 1 heterocycles. The lowest BCUT2D eigenvalue weighted by atomic mass is 10.2. The summed E-state index contributed by atoms with van der Waals surface area (Å²) < 4.78 is 5.26. The van der Waals surface area contributed by atoms with E-state index < -0.39 is 0 Å². The van der Waals surface area contributed by atoms with Crippen molar-refractivity contribution in [3.05, 3.63) is 53.5 Å². The van der Waals surface area contributed by atoms with Crippen LogP contribution in [0.2, 0.25) is 0 Å². The summed E-state index contributed by atoms with van der Waals surface area (Å²) in [6.07, 6.45) is 2.99. The van der Waals surface area contributed by atoms with Crippen LogP contribution in [0.15, 0.2) is 42.7 Å². The summed E-state index contributed by atoms with van der Waals surface area (Å²) in [6.45, 7) is -0.246. The lowest BCUT2D eigenvalue weighted by Crippen LogP contribution is -2.14. The van der Waals surface area contributed by atoms with Gasteiger partial charge in [-0.15, -0.1) is 0 Å². The highest BCUT2D eigenvalue weighted by atomic mass is 16.8. The topological polar surface area (TPSA) is 112 Å². The van der Waals surface area contributed by atoms with Gasteiger partial charge in [0.15, 0.2) is 6.61 Å². The molecule has 1 aromatic heterocycles. The highest BCUT2D eigenvalue weighted by Crippen LogP contribution is 2.31. The fraction of sp³-hybridized carbons (Fsp3) is 0.0769. The minimum Gasteiger partial charge on any atom is -0.733 e. The highest BCUT2D eigenvalue weighted by Gasteiger charge is 2.10. The van der Waals surface area contributed by atoms with Crippen molar-refractivity contribution in [3.63, 3.8) is 0 Å². The largest absolute Gasteiger partial charge is 0.733 e. The Hall–Kier alpha value is -2.64. The normalized spacial score (nSPS) is 10.1. The third-order valence-electron chi connectivity index (χ3n) is 2.59. The second-order valence-electron chi connectivity index (χ2n) is 3.92. The summed E-state index contributed by atoms with van der Waals surface area (Å²) in [6, 6.07) is 7.57. The van der Waals surface area contributed by atoms with Gasteiger partial charge >= 0.3 is 0 Å². The number of aromatic nitrogens is 1. The Morgan fingerprint density at radius 3 is 2.85 bits per heavy atom. The zero-order valence-corrected chi connectivity index (χ0v) is 10.4. The van der Waals surface area contributed by atoms with Crippen molar-refractivity contribution < 1.29 is 14.7 Å². The number of pyridine rings is 1. The number of nitrogens with zero attached hydrogens (tertiary/aromatic N) is 2. The molecule has 0 unspecified atom stereocenters. The monoisotopic (exact) mass is 274 g/mol. The SMILES string of the molecule is Nc1c(OCC(=O)c2cccnc2)cccc1N([O-])O. The highest BCUT2D eigenvalue weighted by molar-refractivity contribution is 5.97. The minimum absolute atomic E-state index is 0.0380. The van der Waals surface area contributed by atoms with E-state index in [0.29, 0.717) is 5.56 Å². The Balaban J connectivity index is 2.08. The summed E-state index contributed by atoms with van der Waals surface area (Å²) in [5, 5.41) is 19.3. The minimum atomic E-state index is -0.356. The molecule has 0 radical (unpaired) electrons. The molecule has 7 nitrogen and oxygen atoms in total. The van der Waals surface area contributed by atoms with E-state index in [2.05, 4.69) is 4.98 Å². The van der Waals surface area contributed by atoms with Gasteiger partial charge in [-0.25, -0.2) is 0 Å². The first-order valence-electron chi connectivity index (χ1n) is 5.70. The summed E-state index contributed by atoms with van der Waals surface area (Å²) in [4.78, 5) is 15.7. The fourth-order valence-corrected chi connectivity index (χ4v) is 1.58. The molecule has 0 saturated carbocycles. The first-order chi connectivity index (χ1) is 9.59. The van der Waals surface area contributed by atoms with Gasteiger partial charge in [-0.3, -0.25) is 15.0 Å². The van der Waals surface area contributed by atoms with Crippen LogP contribution < -0.4 is 15.7 Å². The summed E-state index contributed by atoms with van der Waals surface area (Å²) in [5.41, 5.74) is 5.89. The number of hydrogen-bond acceptors (Lipinski definition) is 7. The Bertz CT molecular complexity index is 602. The quantitative estimate of drug-likeness (QED) is 0.484. The van der Waals surface area contributed by atoms with E-state index in [1.165, 1.54) is 24.4 Å². The van der Waals surface area contributed by atoms with E-state index in [-0.39, 0.29) is 34.7 Å². The van der Waals surface area contributed by atoms with Crippen molar-refractivity contribution in [1.29, 1.82) is 0 Å². The first kappa shape index (κ1) is 13.8. The Kier molecular flexibility index (Phi) is 4.14. The Morgan fingerprint density at radius 1 is 1.40 bits per heavy atom. The maximum absolute atomic E-state index is 11.8. The average Bonchev–Trinajstić information content (AvgIpc) is 2.46. The summed E-state index contributed by atoms with van der Waals surface area (Å²) >= 11 is 0. The van der Waals surface area contributed by atoms with Crippen molar-refractivity contribution in [2.45, 2.75) is 0 Å². The first-order valence-corrected chi connectivity index (χ1v) is 5.70. The molecule has 0 saturated heterocycles. The van der Waals surface area contributed by atoms with E-state index in [9.17, 15) is 10.0 Å². The van der Waals surface area contributed by atoms with Gasteiger partial charge in [0.05, 0.1) is 11.4 Å². The maximum Gasteiger partial charge on any atom is 0.201 e. The van der Waals surface area contributed by atoms with Gasteiger partial charge in [0.1, 0.15) is 5.75 Å². The van der Waals surface area contributed by atoms with Crippen LogP contribution in [0.25, 0.3) is 0 Å². The Morgan fingerprint density at radius 2 is 2.20 bits per heavy atom. The zero-order valence-electron chi connectivity index (χ0n) is 10.4. The fourth-order valence-electron chi connectivity index (χ4n) is 1.58. The van der Waals surface area contributed by atoms with Crippen LogP contribution in [-0.2, 0) is 0 Å². The smallest absolute Gasteiger partial charge is 0.201 e. The van der Waals surface area contributed by atoms with Gasteiger partial charge in [-0.1, -0.05) is 6.07 Å². The average molecular weight is 274 g/mol. The molecule has 1 aromatic carbocycles. The second-order valence-corrected chi connectivity index (χ2v) is 3.92. The van der Waals surface area contributed by atoms with E-state index in [1.54, 1.807) is 18.3 Å². The molecule has 0 amide bonds. The number of carbonyl (C=O) groups is 1. The van der Waals surface area contributed by atoms with E-state index in [4.69, 9.17) is 15.7 Å².